The van der Waals surface area contributed by atoms with Crippen LogP contribution in [0.2, 0.25) is 10.3 Å². The molecule has 1 N–H and O–H groups in total. The molecule has 0 bridgehead atoms. The largest absolute Gasteiger partial charge is 0.364 e. The van der Waals surface area contributed by atoms with Crippen LogP contribution in [0.5, 0.6) is 0 Å². The zero-order valence-corrected chi connectivity index (χ0v) is 27.4. The minimum atomic E-state index is -0.0917. The molecule has 44 heavy (non-hydrogen) atoms. The van der Waals surface area contributed by atoms with Crippen molar-refractivity contribution in [2.45, 2.75) is 65.6 Å². The quantitative estimate of drug-likeness (QED) is 0.183. The van der Waals surface area contributed by atoms with Crippen molar-refractivity contribution in [3.05, 3.63) is 105 Å². The molecule has 0 aliphatic carbocycles. The van der Waals surface area contributed by atoms with Crippen LogP contribution in [0.25, 0.3) is 11.1 Å². The molecule has 0 spiro atoms. The number of rotatable bonds is 10. The maximum atomic E-state index is 12.9. The molecule has 1 saturated heterocycles. The van der Waals surface area contributed by atoms with Gasteiger partial charge in [-0.05, 0) is 94.0 Å². The minimum absolute atomic E-state index is 0.0917. The summed E-state index contributed by atoms with van der Waals surface area (Å²) in [7, 11) is 0. The molecular formula is C35H40Cl2N6O. The van der Waals surface area contributed by atoms with Crippen molar-refractivity contribution in [2.75, 3.05) is 24.5 Å². The number of pyridine rings is 3. The van der Waals surface area contributed by atoms with Crippen molar-refractivity contribution in [3.63, 3.8) is 0 Å². The van der Waals surface area contributed by atoms with Crippen LogP contribution in [-0.2, 0) is 6.54 Å². The van der Waals surface area contributed by atoms with Gasteiger partial charge in [-0.2, -0.15) is 0 Å². The number of amides is 1. The Hall–Kier alpha value is -3.52. The SMILES string of the molecule is Cc1ccncc1CN(c1ccccc1-c1ccc(Cl)nc1)C1CCN(C(C)CCNC(=O)c2c(C)cc(Cl)nc2C)CC1. The number of aromatic nitrogens is 3. The summed E-state index contributed by atoms with van der Waals surface area (Å²) in [4.78, 5) is 31.1. The molecule has 1 aliphatic rings. The number of para-hydroxylation sites is 1. The van der Waals surface area contributed by atoms with Crippen LogP contribution in [0.4, 0.5) is 5.69 Å². The zero-order chi connectivity index (χ0) is 31.2. The first-order chi connectivity index (χ1) is 21.2. The normalized spacial score (nSPS) is 14.8. The number of nitrogens with zero attached hydrogens (tertiary/aromatic N) is 5. The molecule has 230 valence electrons. The van der Waals surface area contributed by atoms with E-state index in [0.29, 0.717) is 40.2 Å². The molecule has 1 fully saturated rings. The van der Waals surface area contributed by atoms with Crippen molar-refractivity contribution in [1.29, 1.82) is 0 Å². The summed E-state index contributed by atoms with van der Waals surface area (Å²) in [5, 5.41) is 4.00. The second kappa shape index (κ2) is 14.5. The molecule has 1 amide bonds. The number of hydrogen-bond donors (Lipinski definition) is 1. The zero-order valence-electron chi connectivity index (χ0n) is 25.9. The van der Waals surface area contributed by atoms with Gasteiger partial charge in [0.2, 0.25) is 0 Å². The molecule has 1 aliphatic heterocycles. The lowest BCUT2D eigenvalue weighted by molar-refractivity contribution is 0.0943. The summed E-state index contributed by atoms with van der Waals surface area (Å²) in [6.45, 7) is 11.5. The molecule has 0 radical (unpaired) electrons. The number of anilines is 1. The predicted molar refractivity (Wildman–Crippen MR) is 180 cm³/mol. The Morgan fingerprint density at radius 2 is 1.80 bits per heavy atom. The Labute approximate surface area is 270 Å². The van der Waals surface area contributed by atoms with Crippen LogP contribution >= 0.6 is 23.2 Å². The van der Waals surface area contributed by atoms with E-state index in [2.05, 4.69) is 74.2 Å². The van der Waals surface area contributed by atoms with Crippen LogP contribution in [0.1, 0.15) is 58.9 Å². The maximum Gasteiger partial charge on any atom is 0.253 e. The molecule has 9 heteroatoms. The van der Waals surface area contributed by atoms with E-state index in [4.69, 9.17) is 23.2 Å². The Morgan fingerprint density at radius 1 is 1.02 bits per heavy atom. The Morgan fingerprint density at radius 3 is 2.50 bits per heavy atom. The molecule has 1 unspecified atom stereocenters. The highest BCUT2D eigenvalue weighted by Crippen LogP contribution is 2.35. The lowest BCUT2D eigenvalue weighted by Crippen LogP contribution is -2.48. The van der Waals surface area contributed by atoms with Gasteiger partial charge in [-0.1, -0.05) is 41.4 Å². The molecule has 0 saturated carbocycles. The number of hydrogen-bond acceptors (Lipinski definition) is 6. The average Bonchev–Trinajstić information content (AvgIpc) is 3.01. The van der Waals surface area contributed by atoms with Gasteiger partial charge in [0.25, 0.3) is 5.91 Å². The lowest BCUT2D eigenvalue weighted by Gasteiger charge is -2.42. The second-order valence-corrected chi connectivity index (χ2v) is 12.5. The Bertz CT molecular complexity index is 1560. The number of benzene rings is 1. The maximum absolute atomic E-state index is 12.9. The molecule has 4 aromatic rings. The third-order valence-electron chi connectivity index (χ3n) is 8.74. The highest BCUT2D eigenvalue weighted by Gasteiger charge is 2.29. The number of likely N-dealkylation sites (tertiary alicyclic amines) is 1. The molecular weight excluding hydrogens is 591 g/mol. The van der Waals surface area contributed by atoms with Crippen LogP contribution in [0.15, 0.2) is 67.1 Å². The van der Waals surface area contributed by atoms with E-state index in [9.17, 15) is 4.79 Å². The van der Waals surface area contributed by atoms with Gasteiger partial charge in [0.15, 0.2) is 0 Å². The third-order valence-corrected chi connectivity index (χ3v) is 9.16. The standard InChI is InChI=1S/C35H40Cl2N6O/c1-23-11-15-38-20-28(23)22-43(31-8-6-5-7-30(31)27-9-10-32(36)40-21-27)29-13-17-42(18-14-29)25(3)12-16-39-35(44)34-24(2)19-33(37)41-26(34)4/h5-11,15,19-21,25,29H,12-14,16-18,22H2,1-4H3,(H,39,44). The fourth-order valence-electron chi connectivity index (χ4n) is 6.19. The van der Waals surface area contributed by atoms with Gasteiger partial charge < -0.3 is 15.1 Å². The van der Waals surface area contributed by atoms with Crippen molar-refractivity contribution in [1.82, 2.24) is 25.2 Å². The Kier molecular flexibility index (Phi) is 10.5. The van der Waals surface area contributed by atoms with Crippen LogP contribution in [0, 0.1) is 20.8 Å². The van der Waals surface area contributed by atoms with Gasteiger partial charge in [0.1, 0.15) is 10.3 Å². The number of carbonyl (C=O) groups excluding carboxylic acids is 1. The number of piperidine rings is 1. The van der Waals surface area contributed by atoms with E-state index in [1.807, 2.05) is 44.6 Å². The fraction of sp³-hybridized carbons (Fsp3) is 0.371. The van der Waals surface area contributed by atoms with E-state index in [0.717, 1.165) is 55.6 Å². The second-order valence-electron chi connectivity index (χ2n) is 11.7. The van der Waals surface area contributed by atoms with E-state index in [1.54, 1.807) is 6.07 Å². The van der Waals surface area contributed by atoms with Gasteiger partial charge >= 0.3 is 0 Å². The monoisotopic (exact) mass is 630 g/mol. The average molecular weight is 632 g/mol. The van der Waals surface area contributed by atoms with Gasteiger partial charge in [-0.3, -0.25) is 9.78 Å². The summed E-state index contributed by atoms with van der Waals surface area (Å²) < 4.78 is 0. The van der Waals surface area contributed by atoms with Gasteiger partial charge in [-0.15, -0.1) is 0 Å². The molecule has 5 rings (SSSR count). The molecule has 4 heterocycles. The summed E-state index contributed by atoms with van der Waals surface area (Å²) in [6, 6.07) is 17.0. The van der Waals surface area contributed by atoms with Gasteiger partial charge in [0.05, 0.1) is 11.3 Å². The predicted octanol–water partition coefficient (Wildman–Crippen LogP) is 7.45. The summed E-state index contributed by atoms with van der Waals surface area (Å²) in [5.41, 5.74) is 7.96. The van der Waals surface area contributed by atoms with Crippen molar-refractivity contribution >= 4 is 34.8 Å². The highest BCUT2D eigenvalue weighted by atomic mass is 35.5. The number of aryl methyl sites for hydroxylation is 3. The molecule has 1 aromatic carbocycles. The first-order valence-electron chi connectivity index (χ1n) is 15.2. The minimum Gasteiger partial charge on any atom is -0.364 e. The lowest BCUT2D eigenvalue weighted by atomic mass is 9.96. The van der Waals surface area contributed by atoms with E-state index in [1.165, 1.54) is 16.8 Å². The van der Waals surface area contributed by atoms with Crippen molar-refractivity contribution in [3.8, 4) is 11.1 Å². The topological polar surface area (TPSA) is 74.2 Å². The fourth-order valence-corrected chi connectivity index (χ4v) is 6.59. The summed E-state index contributed by atoms with van der Waals surface area (Å²) in [6.07, 6.45) is 8.65. The molecule has 1 atom stereocenters. The van der Waals surface area contributed by atoms with Crippen molar-refractivity contribution in [2.24, 2.45) is 0 Å². The number of carbonyl (C=O) groups is 1. The summed E-state index contributed by atoms with van der Waals surface area (Å²) in [5.74, 6) is -0.0917. The number of halogens is 2. The van der Waals surface area contributed by atoms with E-state index >= 15 is 0 Å². The molecule has 7 nitrogen and oxygen atoms in total. The smallest absolute Gasteiger partial charge is 0.253 e. The van der Waals surface area contributed by atoms with Crippen molar-refractivity contribution < 1.29 is 4.79 Å². The third kappa shape index (κ3) is 7.57. The van der Waals surface area contributed by atoms with E-state index < -0.39 is 0 Å². The van der Waals surface area contributed by atoms with Gasteiger partial charge in [0, 0.05) is 73.7 Å². The highest BCUT2D eigenvalue weighted by molar-refractivity contribution is 6.29. The first-order valence-corrected chi connectivity index (χ1v) is 16.0. The van der Waals surface area contributed by atoms with Crippen LogP contribution < -0.4 is 10.2 Å². The van der Waals surface area contributed by atoms with E-state index in [-0.39, 0.29) is 5.91 Å². The summed E-state index contributed by atoms with van der Waals surface area (Å²) >= 11 is 12.2. The van der Waals surface area contributed by atoms with Gasteiger partial charge in [-0.25, -0.2) is 9.97 Å². The van der Waals surface area contributed by atoms with Crippen LogP contribution in [0.3, 0.4) is 0 Å². The first kappa shape index (κ1) is 31.9. The molecule has 3 aromatic heterocycles. The number of nitrogens with one attached hydrogen (secondary N) is 1. The van der Waals surface area contributed by atoms with Crippen LogP contribution in [-0.4, -0.2) is 57.5 Å². The Balaban J connectivity index is 1.26.